The number of hydrogen-bond donors (Lipinski definition) is 0. The molecule has 3 nitrogen and oxygen atoms in total. The molecular formula is C24H38O3Zn. The van der Waals surface area contributed by atoms with Crippen LogP contribution >= 0.6 is 0 Å². The first-order chi connectivity index (χ1) is 12.8. The molecule has 0 spiro atoms. The van der Waals surface area contributed by atoms with Crippen molar-refractivity contribution in [3.63, 3.8) is 0 Å². The van der Waals surface area contributed by atoms with Gasteiger partial charge in [-0.2, -0.15) is 0 Å². The number of carboxylic acid groups (broad SMARTS) is 1. The molecule has 0 saturated heterocycles. The van der Waals surface area contributed by atoms with Gasteiger partial charge in [-0.05, 0) is 104 Å². The molecule has 0 amide bonds. The summed E-state index contributed by atoms with van der Waals surface area (Å²) < 4.78 is 0. The summed E-state index contributed by atoms with van der Waals surface area (Å²) in [6.45, 7) is 7.34. The van der Waals surface area contributed by atoms with Crippen molar-refractivity contribution in [1.82, 2.24) is 0 Å². The molecule has 154 valence electrons. The van der Waals surface area contributed by atoms with Crippen molar-refractivity contribution >= 4 is 5.97 Å². The second-order valence-electron chi connectivity index (χ2n) is 11.2. The number of fused-ring (bicyclic) bond motifs is 5. The molecule has 0 aromatic carbocycles. The van der Waals surface area contributed by atoms with E-state index in [2.05, 4.69) is 20.8 Å². The number of aliphatic carboxylic acids is 1. The summed E-state index contributed by atoms with van der Waals surface area (Å²) in [5.74, 6) is 3.40. The maximum Gasteiger partial charge on any atom is 2.00 e. The summed E-state index contributed by atoms with van der Waals surface area (Å²) in [5, 5.41) is 23.0. The molecule has 0 radical (unpaired) electrons. The molecule has 4 aliphatic rings. The zero-order valence-corrected chi connectivity index (χ0v) is 21.2. The number of carboxylic acids is 1. The van der Waals surface area contributed by atoms with Crippen molar-refractivity contribution in [2.24, 2.45) is 46.3 Å². The Balaban J connectivity index is 0.00000225. The average Bonchev–Trinajstić information content (AvgIpc) is 2.97. The predicted octanol–water partition coefficient (Wildman–Crippen LogP) is 3.54. The molecule has 4 rings (SSSR count). The van der Waals surface area contributed by atoms with Crippen molar-refractivity contribution in [2.45, 2.75) is 97.5 Å². The molecule has 0 aromatic rings. The van der Waals surface area contributed by atoms with Crippen LogP contribution in [0.4, 0.5) is 0 Å². The summed E-state index contributed by atoms with van der Waals surface area (Å²) in [4.78, 5) is 10.9. The van der Waals surface area contributed by atoms with Gasteiger partial charge in [0.05, 0.1) is 0 Å². The largest absolute Gasteiger partial charge is 2.00 e. The Morgan fingerprint density at radius 3 is 2.39 bits per heavy atom. The predicted molar refractivity (Wildman–Crippen MR) is 102 cm³/mol. The smallest absolute Gasteiger partial charge is 0.852 e. The van der Waals surface area contributed by atoms with E-state index < -0.39 is 5.97 Å². The Bertz CT molecular complexity index is 580. The van der Waals surface area contributed by atoms with Gasteiger partial charge >= 0.3 is 19.5 Å². The van der Waals surface area contributed by atoms with Crippen molar-refractivity contribution in [3.8, 4) is 0 Å². The van der Waals surface area contributed by atoms with E-state index in [0.717, 1.165) is 43.4 Å². The van der Waals surface area contributed by atoms with E-state index in [-0.39, 0.29) is 32.0 Å². The average molecular weight is 440 g/mol. The van der Waals surface area contributed by atoms with Crippen LogP contribution in [-0.2, 0) is 24.3 Å². The summed E-state index contributed by atoms with van der Waals surface area (Å²) >= 11 is 0. The van der Waals surface area contributed by atoms with Crippen molar-refractivity contribution < 1.29 is 34.5 Å². The summed E-state index contributed by atoms with van der Waals surface area (Å²) in [5.41, 5.74) is 0.801. The van der Waals surface area contributed by atoms with Gasteiger partial charge in [0.2, 0.25) is 0 Å². The van der Waals surface area contributed by atoms with Crippen LogP contribution in [0, 0.1) is 46.3 Å². The first-order valence-corrected chi connectivity index (χ1v) is 11.6. The van der Waals surface area contributed by atoms with Crippen molar-refractivity contribution in [1.29, 1.82) is 0 Å². The third-order valence-electron chi connectivity index (χ3n) is 10.2. The quantitative estimate of drug-likeness (QED) is 0.629. The SMILES string of the molecule is C[C@H](CCC(=O)[O-])[C@H]1CC[C@H]2[C@@H]3CCC4C[C@H]([O-])CC[C@]4(C)[C@H]3CC[C@]12C.[Zn+2]. The first-order valence-electron chi connectivity index (χ1n) is 11.6. The van der Waals surface area contributed by atoms with Crippen LogP contribution in [-0.4, -0.2) is 12.1 Å². The molecule has 0 heterocycles. The minimum atomic E-state index is -0.898. The van der Waals surface area contributed by atoms with Gasteiger partial charge in [-0.3, -0.25) is 0 Å². The fourth-order valence-corrected chi connectivity index (χ4v) is 8.74. The van der Waals surface area contributed by atoms with E-state index in [9.17, 15) is 15.0 Å². The van der Waals surface area contributed by atoms with Crippen LogP contribution in [0.15, 0.2) is 0 Å². The number of rotatable bonds is 4. The molecule has 1 unspecified atom stereocenters. The molecule has 0 aromatic heterocycles. The zero-order chi connectivity index (χ0) is 19.4. The van der Waals surface area contributed by atoms with Crippen LogP contribution in [0.25, 0.3) is 0 Å². The molecule has 4 fully saturated rings. The maximum absolute atomic E-state index is 12.1. The molecule has 0 aliphatic heterocycles. The van der Waals surface area contributed by atoms with Gasteiger partial charge in [0.1, 0.15) is 0 Å². The van der Waals surface area contributed by atoms with E-state index in [4.69, 9.17) is 0 Å². The number of carbonyl (C=O) groups excluding carboxylic acids is 1. The van der Waals surface area contributed by atoms with Gasteiger partial charge in [0, 0.05) is 5.97 Å². The second kappa shape index (κ2) is 8.29. The van der Waals surface area contributed by atoms with Crippen molar-refractivity contribution in [3.05, 3.63) is 0 Å². The Labute approximate surface area is 184 Å². The van der Waals surface area contributed by atoms with Gasteiger partial charge in [-0.15, -0.1) is 6.10 Å². The van der Waals surface area contributed by atoms with E-state index in [1.165, 1.54) is 38.5 Å². The van der Waals surface area contributed by atoms with Gasteiger partial charge in [0.25, 0.3) is 0 Å². The Morgan fingerprint density at radius 1 is 1.00 bits per heavy atom. The van der Waals surface area contributed by atoms with E-state index in [1.54, 1.807) is 0 Å². The second-order valence-corrected chi connectivity index (χ2v) is 11.2. The fourth-order valence-electron chi connectivity index (χ4n) is 8.74. The van der Waals surface area contributed by atoms with Gasteiger partial charge in [-0.1, -0.05) is 33.6 Å². The third-order valence-corrected chi connectivity index (χ3v) is 10.2. The zero-order valence-electron chi connectivity index (χ0n) is 18.3. The van der Waals surface area contributed by atoms with Gasteiger partial charge in [0.15, 0.2) is 0 Å². The minimum Gasteiger partial charge on any atom is -0.852 e. The molecule has 4 heteroatoms. The van der Waals surface area contributed by atoms with Crippen LogP contribution < -0.4 is 10.2 Å². The standard InChI is InChI=1S/C24H39O3.Zn/c1-15(4-9-22(26)27)19-7-8-20-18-6-5-16-14-17(25)10-12-23(16,2)21(18)11-13-24(19,20)3;/h15-21H,4-14H2,1-3H3,(H,26,27);/q-1;+2/p-1/t15-,16?,17-,18+,19-,20+,21+,23+,24-;/m1./s1. The van der Waals surface area contributed by atoms with Gasteiger partial charge < -0.3 is 15.0 Å². The van der Waals surface area contributed by atoms with E-state index >= 15 is 0 Å². The third kappa shape index (κ3) is 3.64. The Morgan fingerprint density at radius 2 is 1.68 bits per heavy atom. The maximum atomic E-state index is 12.1. The molecule has 4 saturated carbocycles. The number of hydrogen-bond acceptors (Lipinski definition) is 3. The monoisotopic (exact) mass is 438 g/mol. The van der Waals surface area contributed by atoms with Crippen LogP contribution in [0.3, 0.4) is 0 Å². The minimum absolute atomic E-state index is 0. The topological polar surface area (TPSA) is 63.2 Å². The van der Waals surface area contributed by atoms with Crippen LogP contribution in [0.5, 0.6) is 0 Å². The van der Waals surface area contributed by atoms with E-state index in [0.29, 0.717) is 28.6 Å². The molecule has 4 aliphatic carbocycles. The molecule has 0 bridgehead atoms. The Hall–Kier alpha value is 0.0534. The van der Waals surface area contributed by atoms with Crippen molar-refractivity contribution in [2.75, 3.05) is 0 Å². The van der Waals surface area contributed by atoms with Gasteiger partial charge in [-0.25, -0.2) is 0 Å². The molecule has 28 heavy (non-hydrogen) atoms. The van der Waals surface area contributed by atoms with Crippen LogP contribution in [0.1, 0.15) is 91.4 Å². The number of carbonyl (C=O) groups is 1. The first kappa shape index (κ1) is 22.7. The summed E-state index contributed by atoms with van der Waals surface area (Å²) in [6.07, 6.45) is 11.5. The summed E-state index contributed by atoms with van der Waals surface area (Å²) in [6, 6.07) is 0. The normalized spacial score (nSPS) is 48.6. The fraction of sp³-hybridized carbons (Fsp3) is 0.958. The summed E-state index contributed by atoms with van der Waals surface area (Å²) in [7, 11) is 0. The molecular weight excluding hydrogens is 402 g/mol. The van der Waals surface area contributed by atoms with Crippen LogP contribution in [0.2, 0.25) is 0 Å². The Kier molecular flexibility index (Phi) is 6.73. The van der Waals surface area contributed by atoms with E-state index in [1.807, 2.05) is 0 Å². The molecule has 9 atom stereocenters. The molecule has 0 N–H and O–H groups in total.